The predicted octanol–water partition coefficient (Wildman–Crippen LogP) is 5.92. The van der Waals surface area contributed by atoms with Gasteiger partial charge in [-0.3, -0.25) is 15.0 Å². The first-order chi connectivity index (χ1) is 23.0. The summed E-state index contributed by atoms with van der Waals surface area (Å²) < 4.78 is 0. The van der Waals surface area contributed by atoms with Crippen molar-refractivity contribution in [3.8, 4) is 33.9 Å². The van der Waals surface area contributed by atoms with E-state index in [0.29, 0.717) is 23.3 Å². The molecule has 6 aromatic rings. The number of rotatable bonds is 10. The van der Waals surface area contributed by atoms with E-state index in [-0.39, 0.29) is 0 Å². The van der Waals surface area contributed by atoms with Crippen LogP contribution in [0.2, 0.25) is 0 Å². The summed E-state index contributed by atoms with van der Waals surface area (Å²) in [5.74, 6) is 2.69. The minimum absolute atomic E-state index is 0.381. The number of likely N-dealkylation sites (N-methyl/N-ethyl adjacent to an activating group) is 2. The molecule has 0 unspecified atom stereocenters. The highest BCUT2D eigenvalue weighted by Gasteiger charge is 2.24. The SMILES string of the molecule is CN(C)CCN(C)c1ncc2cc(-c3ccccc3)c(-c3ccc(CN4CCC(c5nc(-c6ccccn6)n[nH]5)CC4)cc3)nc2n1. The number of anilines is 1. The fourth-order valence-corrected chi connectivity index (χ4v) is 6.10. The second-order valence-corrected chi connectivity index (χ2v) is 12.6. The van der Waals surface area contributed by atoms with Gasteiger partial charge in [-0.2, -0.15) is 10.1 Å². The molecule has 1 aliphatic rings. The normalized spacial score (nSPS) is 14.2. The molecule has 1 N–H and O–H groups in total. The third-order valence-corrected chi connectivity index (χ3v) is 8.87. The van der Waals surface area contributed by atoms with Crippen molar-refractivity contribution in [3.05, 3.63) is 103 Å². The molecule has 1 aliphatic heterocycles. The Morgan fingerprint density at radius 1 is 0.809 bits per heavy atom. The van der Waals surface area contributed by atoms with Crippen LogP contribution >= 0.6 is 0 Å². The number of pyridine rings is 2. The zero-order valence-electron chi connectivity index (χ0n) is 27.2. The van der Waals surface area contributed by atoms with E-state index in [4.69, 9.17) is 15.0 Å². The van der Waals surface area contributed by atoms with E-state index in [2.05, 4.69) is 104 Å². The molecule has 0 spiro atoms. The Labute approximate surface area is 275 Å². The molecule has 7 rings (SSSR count). The van der Waals surface area contributed by atoms with Gasteiger partial charge >= 0.3 is 0 Å². The van der Waals surface area contributed by atoms with E-state index in [1.807, 2.05) is 37.5 Å². The molecular formula is C37H40N10. The third kappa shape index (κ3) is 7.03. The van der Waals surface area contributed by atoms with Crippen LogP contribution in [0.25, 0.3) is 44.9 Å². The van der Waals surface area contributed by atoms with E-state index < -0.39 is 0 Å². The van der Waals surface area contributed by atoms with E-state index >= 15 is 0 Å². The van der Waals surface area contributed by atoms with E-state index in [1.165, 1.54) is 5.56 Å². The van der Waals surface area contributed by atoms with Gasteiger partial charge in [0, 0.05) is 61.5 Å². The number of piperidine rings is 1. The van der Waals surface area contributed by atoms with Crippen molar-refractivity contribution in [2.24, 2.45) is 0 Å². The molecule has 1 fully saturated rings. The fourth-order valence-electron chi connectivity index (χ4n) is 6.10. The summed E-state index contributed by atoms with van der Waals surface area (Å²) in [6.45, 7) is 4.69. The second kappa shape index (κ2) is 13.7. The standard InChI is InChI=1S/C37H40N10/c1-45(2)21-22-46(3)37-39-24-30-23-31(27-9-5-4-6-10-27)33(40-34(30)42-37)28-14-12-26(13-15-28)25-47-19-16-29(17-20-47)35-41-36(44-43-35)32-11-7-8-18-38-32/h4-15,18,23-24,29H,16-17,19-22,25H2,1-3H3,(H,41,43,44). The topological polar surface area (TPSA) is 103 Å². The average Bonchev–Trinajstić information content (AvgIpc) is 3.62. The van der Waals surface area contributed by atoms with Crippen LogP contribution in [-0.4, -0.2) is 92.2 Å². The van der Waals surface area contributed by atoms with Crippen molar-refractivity contribution >= 4 is 17.0 Å². The van der Waals surface area contributed by atoms with Crippen molar-refractivity contribution in [3.63, 3.8) is 0 Å². The first kappa shape index (κ1) is 30.6. The highest BCUT2D eigenvalue weighted by molar-refractivity contribution is 5.90. The van der Waals surface area contributed by atoms with Gasteiger partial charge in [-0.1, -0.05) is 60.7 Å². The summed E-state index contributed by atoms with van der Waals surface area (Å²) in [6.07, 6.45) is 5.75. The zero-order valence-corrected chi connectivity index (χ0v) is 27.2. The van der Waals surface area contributed by atoms with Crippen LogP contribution in [0.5, 0.6) is 0 Å². The number of benzene rings is 2. The largest absolute Gasteiger partial charge is 0.343 e. The van der Waals surface area contributed by atoms with Crippen LogP contribution in [0.1, 0.15) is 30.1 Å². The Balaban J connectivity index is 1.07. The zero-order chi connectivity index (χ0) is 32.2. The number of fused-ring (bicyclic) bond motifs is 1. The smallest absolute Gasteiger partial charge is 0.227 e. The van der Waals surface area contributed by atoms with Gasteiger partial charge in [0.25, 0.3) is 0 Å². The van der Waals surface area contributed by atoms with E-state index in [0.717, 1.165) is 84.9 Å². The molecule has 0 atom stereocenters. The molecule has 0 saturated carbocycles. The molecule has 0 amide bonds. The van der Waals surface area contributed by atoms with Gasteiger partial charge < -0.3 is 9.80 Å². The molecule has 1 saturated heterocycles. The highest BCUT2D eigenvalue weighted by Crippen LogP contribution is 2.34. The lowest BCUT2D eigenvalue weighted by atomic mass is 9.95. The van der Waals surface area contributed by atoms with Gasteiger partial charge in [0.1, 0.15) is 11.5 Å². The first-order valence-corrected chi connectivity index (χ1v) is 16.2. The lowest BCUT2D eigenvalue weighted by molar-refractivity contribution is 0.202. The molecule has 5 heterocycles. The van der Waals surface area contributed by atoms with Gasteiger partial charge in [0.15, 0.2) is 11.5 Å². The van der Waals surface area contributed by atoms with Gasteiger partial charge in [-0.05, 0) is 69.4 Å². The van der Waals surface area contributed by atoms with Crippen molar-refractivity contribution in [1.82, 2.24) is 44.9 Å². The highest BCUT2D eigenvalue weighted by atomic mass is 15.3. The van der Waals surface area contributed by atoms with E-state index in [1.54, 1.807) is 6.20 Å². The number of nitrogens with zero attached hydrogens (tertiary/aromatic N) is 9. The molecule has 10 nitrogen and oxygen atoms in total. The van der Waals surface area contributed by atoms with Crippen LogP contribution in [0, 0.1) is 0 Å². The number of aromatic amines is 1. The average molecular weight is 625 g/mol. The number of aromatic nitrogens is 7. The number of hydrogen-bond donors (Lipinski definition) is 1. The molecular weight excluding hydrogens is 584 g/mol. The first-order valence-electron chi connectivity index (χ1n) is 16.2. The maximum absolute atomic E-state index is 5.15. The monoisotopic (exact) mass is 624 g/mol. The molecule has 2 aromatic carbocycles. The van der Waals surface area contributed by atoms with Crippen molar-refractivity contribution < 1.29 is 0 Å². The Kier molecular flexibility index (Phi) is 8.94. The molecule has 10 heteroatoms. The lowest BCUT2D eigenvalue weighted by Crippen LogP contribution is -2.32. The quantitative estimate of drug-likeness (QED) is 0.199. The van der Waals surface area contributed by atoms with Gasteiger partial charge in [-0.15, -0.1) is 0 Å². The van der Waals surface area contributed by atoms with E-state index in [9.17, 15) is 0 Å². The third-order valence-electron chi connectivity index (χ3n) is 8.87. The van der Waals surface area contributed by atoms with Crippen LogP contribution in [0.3, 0.4) is 0 Å². The lowest BCUT2D eigenvalue weighted by Gasteiger charge is -2.31. The minimum atomic E-state index is 0.381. The summed E-state index contributed by atoms with van der Waals surface area (Å²) in [5.41, 5.74) is 6.98. The second-order valence-electron chi connectivity index (χ2n) is 12.6. The Morgan fingerprint density at radius 3 is 2.34 bits per heavy atom. The summed E-state index contributed by atoms with van der Waals surface area (Å²) in [5, 5.41) is 8.52. The maximum atomic E-state index is 5.15. The van der Waals surface area contributed by atoms with Crippen molar-refractivity contribution in [2.45, 2.75) is 25.3 Å². The summed E-state index contributed by atoms with van der Waals surface area (Å²) >= 11 is 0. The number of nitrogens with one attached hydrogen (secondary N) is 1. The maximum Gasteiger partial charge on any atom is 0.227 e. The predicted molar refractivity (Wildman–Crippen MR) is 187 cm³/mol. The molecule has 47 heavy (non-hydrogen) atoms. The summed E-state index contributed by atoms with van der Waals surface area (Å²) in [7, 11) is 6.17. The van der Waals surface area contributed by atoms with Crippen LogP contribution < -0.4 is 4.90 Å². The Morgan fingerprint density at radius 2 is 1.60 bits per heavy atom. The number of H-pyrrole nitrogens is 1. The fraction of sp³-hybridized carbons (Fsp3) is 0.297. The van der Waals surface area contributed by atoms with Gasteiger partial charge in [-0.25, -0.2) is 15.0 Å². The van der Waals surface area contributed by atoms with Crippen LogP contribution in [0.4, 0.5) is 5.95 Å². The number of hydrogen-bond acceptors (Lipinski definition) is 9. The van der Waals surface area contributed by atoms with Crippen LogP contribution in [0.15, 0.2) is 91.3 Å². The summed E-state index contributed by atoms with van der Waals surface area (Å²) in [4.78, 5) is 30.6. The Hall–Kier alpha value is -5.06. The van der Waals surface area contributed by atoms with Gasteiger partial charge in [0.05, 0.1) is 5.69 Å². The molecule has 238 valence electrons. The van der Waals surface area contributed by atoms with Crippen LogP contribution in [-0.2, 0) is 6.54 Å². The number of likely N-dealkylation sites (tertiary alicyclic amines) is 1. The molecule has 4 aromatic heterocycles. The molecule has 0 radical (unpaired) electrons. The molecule has 0 bridgehead atoms. The minimum Gasteiger partial charge on any atom is -0.343 e. The molecule has 0 aliphatic carbocycles. The van der Waals surface area contributed by atoms with Crippen molar-refractivity contribution in [2.75, 3.05) is 52.2 Å². The van der Waals surface area contributed by atoms with Gasteiger partial charge in [0.2, 0.25) is 5.95 Å². The Bertz CT molecular complexity index is 1910. The van der Waals surface area contributed by atoms with Crippen molar-refractivity contribution in [1.29, 1.82) is 0 Å². The summed E-state index contributed by atoms with van der Waals surface area (Å²) in [6, 6.07) is 27.3.